The monoisotopic (exact) mass is 209 g/mol. The van der Waals surface area contributed by atoms with Gasteiger partial charge in [-0.25, -0.2) is 0 Å². The smallest absolute Gasteiger partial charge is 0.0176 e. The molecule has 0 spiro atoms. The zero-order valence-corrected chi connectivity index (χ0v) is 9.95. The van der Waals surface area contributed by atoms with Gasteiger partial charge in [0.25, 0.3) is 0 Å². The number of fused-ring (bicyclic) bond motifs is 1. The molecule has 2 N–H and O–H groups in total. The molecule has 4 aliphatic heterocycles. The Bertz CT molecular complexity index is 248. The molecule has 86 valence electrons. The van der Waals surface area contributed by atoms with Crippen LogP contribution in [0.1, 0.15) is 13.8 Å². The van der Waals surface area contributed by atoms with Gasteiger partial charge in [0.15, 0.2) is 0 Å². The molecule has 3 atom stereocenters. The van der Waals surface area contributed by atoms with Gasteiger partial charge in [0, 0.05) is 56.6 Å². The lowest BCUT2D eigenvalue weighted by molar-refractivity contribution is -0.0463. The van der Waals surface area contributed by atoms with Crippen LogP contribution in [-0.4, -0.2) is 55.1 Å². The number of nitrogens with two attached hydrogens (primary N) is 1. The minimum absolute atomic E-state index is 0.373. The molecule has 4 bridgehead atoms. The lowest BCUT2D eigenvalue weighted by Crippen LogP contribution is -2.68. The average Bonchev–Trinajstić information content (AvgIpc) is 2.41. The zero-order chi connectivity index (χ0) is 10.6. The Kier molecular flexibility index (Phi) is 2.14. The number of hydrogen-bond donors (Lipinski definition) is 1. The molecule has 4 saturated heterocycles. The highest BCUT2D eigenvalue weighted by atomic mass is 15.3. The Balaban J connectivity index is 1.99. The van der Waals surface area contributed by atoms with E-state index in [1.807, 2.05) is 0 Å². The maximum atomic E-state index is 6.52. The standard InChI is InChI=1S/C12H23N3/c1-9(2)12-7-14-3-4-15(8-12)6-10(5-14)11(12)13/h9-11H,3-8,13H2,1-2H3. The quantitative estimate of drug-likeness (QED) is 0.670. The maximum Gasteiger partial charge on any atom is 0.0176 e. The van der Waals surface area contributed by atoms with E-state index in [9.17, 15) is 0 Å². The molecule has 3 heteroatoms. The molecule has 0 aromatic carbocycles. The van der Waals surface area contributed by atoms with E-state index in [1.54, 1.807) is 0 Å². The first kappa shape index (κ1) is 10.1. The van der Waals surface area contributed by atoms with Crippen molar-refractivity contribution in [2.75, 3.05) is 39.3 Å². The van der Waals surface area contributed by atoms with Crippen LogP contribution >= 0.6 is 0 Å². The number of rotatable bonds is 1. The van der Waals surface area contributed by atoms with Gasteiger partial charge >= 0.3 is 0 Å². The van der Waals surface area contributed by atoms with Gasteiger partial charge < -0.3 is 15.5 Å². The van der Waals surface area contributed by atoms with E-state index in [0.29, 0.717) is 17.4 Å². The predicted molar refractivity (Wildman–Crippen MR) is 61.6 cm³/mol. The molecular formula is C12H23N3. The van der Waals surface area contributed by atoms with E-state index in [0.717, 1.165) is 5.92 Å². The SMILES string of the molecule is CC(C)C12CN3CCN(CC(C3)C1N)C2. The maximum absolute atomic E-state index is 6.52. The van der Waals surface area contributed by atoms with Crippen LogP contribution in [0.3, 0.4) is 0 Å². The van der Waals surface area contributed by atoms with Crippen molar-refractivity contribution in [1.82, 2.24) is 9.80 Å². The summed E-state index contributed by atoms with van der Waals surface area (Å²) in [4.78, 5) is 5.31. The molecule has 4 aliphatic rings. The van der Waals surface area contributed by atoms with Crippen LogP contribution in [0, 0.1) is 17.3 Å². The molecule has 4 fully saturated rings. The van der Waals surface area contributed by atoms with Crippen molar-refractivity contribution in [3.8, 4) is 0 Å². The molecule has 0 aromatic heterocycles. The summed E-state index contributed by atoms with van der Waals surface area (Å²) < 4.78 is 0. The van der Waals surface area contributed by atoms with Gasteiger partial charge in [-0.1, -0.05) is 13.8 Å². The highest BCUT2D eigenvalue weighted by molar-refractivity contribution is 5.08. The third-order valence-electron chi connectivity index (χ3n) is 5.08. The lowest BCUT2D eigenvalue weighted by atomic mass is 9.63. The largest absolute Gasteiger partial charge is 0.327 e. The molecule has 0 aliphatic carbocycles. The van der Waals surface area contributed by atoms with Gasteiger partial charge in [-0.3, -0.25) is 0 Å². The Labute approximate surface area is 92.6 Å². The summed E-state index contributed by atoms with van der Waals surface area (Å²) in [5, 5.41) is 0. The van der Waals surface area contributed by atoms with Crippen LogP contribution in [0.15, 0.2) is 0 Å². The first-order valence-corrected chi connectivity index (χ1v) is 6.32. The van der Waals surface area contributed by atoms with Crippen molar-refractivity contribution in [2.45, 2.75) is 19.9 Å². The van der Waals surface area contributed by atoms with E-state index in [-0.39, 0.29) is 0 Å². The second-order valence-electron chi connectivity index (χ2n) is 6.14. The van der Waals surface area contributed by atoms with E-state index in [4.69, 9.17) is 5.73 Å². The van der Waals surface area contributed by atoms with Crippen molar-refractivity contribution in [3.05, 3.63) is 0 Å². The second-order valence-corrected chi connectivity index (χ2v) is 6.14. The molecule has 0 aromatic rings. The van der Waals surface area contributed by atoms with E-state index in [2.05, 4.69) is 23.6 Å². The third kappa shape index (κ3) is 1.30. The lowest BCUT2D eigenvalue weighted by Gasteiger charge is -2.56. The fourth-order valence-electron chi connectivity index (χ4n) is 4.01. The van der Waals surface area contributed by atoms with E-state index < -0.39 is 0 Å². The van der Waals surface area contributed by atoms with Gasteiger partial charge in [-0.2, -0.15) is 0 Å². The van der Waals surface area contributed by atoms with Crippen LogP contribution in [0.2, 0.25) is 0 Å². The fourth-order valence-corrected chi connectivity index (χ4v) is 4.01. The molecular weight excluding hydrogens is 186 g/mol. The van der Waals surface area contributed by atoms with Gasteiger partial charge in [-0.05, 0) is 5.92 Å². The Morgan fingerprint density at radius 3 is 2.13 bits per heavy atom. The Morgan fingerprint density at radius 2 is 1.67 bits per heavy atom. The highest BCUT2D eigenvalue weighted by Gasteiger charge is 2.53. The fraction of sp³-hybridized carbons (Fsp3) is 1.00. The zero-order valence-electron chi connectivity index (χ0n) is 9.95. The molecule has 15 heavy (non-hydrogen) atoms. The van der Waals surface area contributed by atoms with Gasteiger partial charge in [-0.15, -0.1) is 0 Å². The number of nitrogens with zero attached hydrogens (tertiary/aromatic N) is 2. The summed E-state index contributed by atoms with van der Waals surface area (Å²) in [6, 6.07) is 0.433. The summed E-state index contributed by atoms with van der Waals surface area (Å²) in [6.45, 7) is 12.2. The average molecular weight is 209 g/mol. The molecule has 0 saturated carbocycles. The van der Waals surface area contributed by atoms with E-state index in [1.165, 1.54) is 39.3 Å². The molecule has 0 amide bonds. The van der Waals surface area contributed by atoms with Crippen LogP contribution < -0.4 is 5.73 Å². The Morgan fingerprint density at radius 1 is 1.13 bits per heavy atom. The highest BCUT2D eigenvalue weighted by Crippen LogP contribution is 2.44. The molecule has 4 heterocycles. The number of piperidine rings is 2. The van der Waals surface area contributed by atoms with Crippen LogP contribution in [0.25, 0.3) is 0 Å². The van der Waals surface area contributed by atoms with Crippen molar-refractivity contribution >= 4 is 0 Å². The minimum Gasteiger partial charge on any atom is -0.327 e. The van der Waals surface area contributed by atoms with Crippen molar-refractivity contribution in [1.29, 1.82) is 0 Å². The summed E-state index contributed by atoms with van der Waals surface area (Å²) >= 11 is 0. The topological polar surface area (TPSA) is 32.5 Å². The first-order chi connectivity index (χ1) is 7.12. The summed E-state index contributed by atoms with van der Waals surface area (Å²) in [5.74, 6) is 1.43. The van der Waals surface area contributed by atoms with E-state index >= 15 is 0 Å². The van der Waals surface area contributed by atoms with Crippen LogP contribution in [0.4, 0.5) is 0 Å². The van der Waals surface area contributed by atoms with Crippen molar-refractivity contribution in [3.63, 3.8) is 0 Å². The second kappa shape index (κ2) is 3.19. The van der Waals surface area contributed by atoms with Crippen LogP contribution in [0.5, 0.6) is 0 Å². The summed E-state index contributed by atoms with van der Waals surface area (Å²) in [5.41, 5.74) is 6.89. The normalized spacial score (nSPS) is 53.6. The number of hydrogen-bond acceptors (Lipinski definition) is 3. The molecule has 4 rings (SSSR count). The van der Waals surface area contributed by atoms with Crippen molar-refractivity contribution in [2.24, 2.45) is 23.0 Å². The van der Waals surface area contributed by atoms with Gasteiger partial charge in [0.05, 0.1) is 0 Å². The first-order valence-electron chi connectivity index (χ1n) is 6.32. The Hall–Kier alpha value is -0.120. The summed E-state index contributed by atoms with van der Waals surface area (Å²) in [6.07, 6.45) is 0. The molecule has 3 unspecified atom stereocenters. The van der Waals surface area contributed by atoms with Gasteiger partial charge in [0.2, 0.25) is 0 Å². The van der Waals surface area contributed by atoms with Gasteiger partial charge in [0.1, 0.15) is 0 Å². The third-order valence-corrected chi connectivity index (χ3v) is 5.08. The van der Waals surface area contributed by atoms with Crippen LogP contribution in [-0.2, 0) is 0 Å². The van der Waals surface area contributed by atoms with Crippen molar-refractivity contribution < 1.29 is 0 Å². The molecule has 3 nitrogen and oxygen atoms in total. The minimum atomic E-state index is 0.373. The molecule has 0 radical (unpaired) electrons. The summed E-state index contributed by atoms with van der Waals surface area (Å²) in [7, 11) is 0. The predicted octanol–water partition coefficient (Wildman–Crippen LogP) is 0.217.